The van der Waals surface area contributed by atoms with Gasteiger partial charge in [0.05, 0.1) is 23.8 Å². The van der Waals surface area contributed by atoms with Gasteiger partial charge in [-0.3, -0.25) is 4.57 Å². The number of hydrogen-bond donors (Lipinski definition) is 2. The second kappa shape index (κ2) is 4.20. The van der Waals surface area contributed by atoms with E-state index in [0.29, 0.717) is 5.95 Å². The Morgan fingerprint density at radius 1 is 1.21 bits per heavy atom. The first-order valence-corrected chi connectivity index (χ1v) is 5.80. The molecule has 0 saturated heterocycles. The number of nitrogen functional groups attached to an aromatic ring is 1. The minimum atomic E-state index is 0.177. The van der Waals surface area contributed by atoms with E-state index in [4.69, 9.17) is 10.5 Å². The second-order valence-electron chi connectivity index (χ2n) is 4.18. The highest BCUT2D eigenvalue weighted by atomic mass is 16.5. The lowest BCUT2D eigenvalue weighted by Gasteiger charge is -2.08. The van der Waals surface area contributed by atoms with Crippen LogP contribution >= 0.6 is 0 Å². The molecule has 0 aliphatic carbocycles. The Balaban J connectivity index is 2.28. The summed E-state index contributed by atoms with van der Waals surface area (Å²) in [5.74, 6) is 1.28. The minimum Gasteiger partial charge on any atom is -0.508 e. The van der Waals surface area contributed by atoms with E-state index in [1.165, 1.54) is 0 Å². The molecule has 0 fully saturated rings. The summed E-state index contributed by atoms with van der Waals surface area (Å²) in [6.07, 6.45) is 0. The molecule has 96 valence electrons. The Hall–Kier alpha value is -2.69. The van der Waals surface area contributed by atoms with Crippen LogP contribution in [0.5, 0.6) is 11.5 Å². The van der Waals surface area contributed by atoms with Crippen LogP contribution in [0, 0.1) is 0 Å². The second-order valence-corrected chi connectivity index (χ2v) is 4.18. The molecule has 0 bridgehead atoms. The molecule has 3 rings (SSSR count). The molecule has 2 aromatic carbocycles. The summed E-state index contributed by atoms with van der Waals surface area (Å²) < 4.78 is 6.98. The van der Waals surface area contributed by atoms with E-state index in [1.54, 1.807) is 29.9 Å². The summed E-state index contributed by atoms with van der Waals surface area (Å²) in [6, 6.07) is 12.5. The van der Waals surface area contributed by atoms with E-state index in [2.05, 4.69) is 4.98 Å². The van der Waals surface area contributed by atoms with Crippen LogP contribution in [0.25, 0.3) is 16.7 Å². The maximum Gasteiger partial charge on any atom is 0.205 e. The molecule has 3 N–H and O–H groups in total. The zero-order valence-corrected chi connectivity index (χ0v) is 10.4. The molecule has 5 nitrogen and oxygen atoms in total. The highest BCUT2D eigenvalue weighted by Crippen LogP contribution is 2.27. The lowest BCUT2D eigenvalue weighted by Crippen LogP contribution is -2.00. The molecule has 5 heteroatoms. The highest BCUT2D eigenvalue weighted by Gasteiger charge is 2.11. The van der Waals surface area contributed by atoms with Gasteiger partial charge in [0.2, 0.25) is 5.95 Å². The molecule has 0 atom stereocenters. The maximum atomic E-state index is 9.60. The summed E-state index contributed by atoms with van der Waals surface area (Å²) in [6.45, 7) is 0. The van der Waals surface area contributed by atoms with Gasteiger partial charge in [-0.15, -0.1) is 0 Å². The summed E-state index contributed by atoms with van der Waals surface area (Å²) >= 11 is 0. The molecule has 0 aliphatic heterocycles. The van der Waals surface area contributed by atoms with Gasteiger partial charge in [-0.25, -0.2) is 4.98 Å². The average Bonchev–Trinajstić information content (AvgIpc) is 2.74. The van der Waals surface area contributed by atoms with Crippen molar-refractivity contribution in [1.29, 1.82) is 0 Å². The number of rotatable bonds is 2. The van der Waals surface area contributed by atoms with Gasteiger partial charge in [-0.2, -0.15) is 0 Å². The third kappa shape index (κ3) is 1.85. The van der Waals surface area contributed by atoms with Crippen molar-refractivity contribution in [1.82, 2.24) is 9.55 Å². The highest BCUT2D eigenvalue weighted by molar-refractivity contribution is 5.82. The van der Waals surface area contributed by atoms with Crippen LogP contribution in [-0.4, -0.2) is 21.8 Å². The maximum absolute atomic E-state index is 9.60. The first-order chi connectivity index (χ1) is 9.19. The number of methoxy groups -OCH3 is 1. The number of nitrogens with zero attached hydrogens (tertiary/aromatic N) is 2. The molecular formula is C14H13N3O2. The number of ether oxygens (including phenoxy) is 1. The van der Waals surface area contributed by atoms with Gasteiger partial charge in [-0.05, 0) is 24.3 Å². The number of phenols is 1. The van der Waals surface area contributed by atoms with Crippen molar-refractivity contribution in [3.63, 3.8) is 0 Å². The summed E-state index contributed by atoms with van der Waals surface area (Å²) in [7, 11) is 1.61. The standard InChI is InChI=1S/C14H13N3O2/c1-19-11-4-2-3-9(7-11)17-13-8-10(18)5-6-12(13)16-14(17)15/h2-8,18H,1H3,(H2,15,16). The van der Waals surface area contributed by atoms with E-state index >= 15 is 0 Å². The third-order valence-electron chi connectivity index (χ3n) is 2.98. The number of phenolic OH excluding ortho intramolecular Hbond substituents is 1. The molecule has 0 amide bonds. The lowest BCUT2D eigenvalue weighted by atomic mass is 10.2. The Bertz CT molecular complexity index is 750. The van der Waals surface area contributed by atoms with Crippen molar-refractivity contribution >= 4 is 17.0 Å². The molecular weight excluding hydrogens is 242 g/mol. The fourth-order valence-electron chi connectivity index (χ4n) is 2.10. The summed E-state index contributed by atoms with van der Waals surface area (Å²) in [4.78, 5) is 4.27. The quantitative estimate of drug-likeness (QED) is 0.737. The first kappa shape index (κ1) is 11.4. The fraction of sp³-hybridized carbons (Fsp3) is 0.0714. The number of aromatic hydroxyl groups is 1. The van der Waals surface area contributed by atoms with Crippen LogP contribution in [0.4, 0.5) is 5.95 Å². The lowest BCUT2D eigenvalue weighted by molar-refractivity contribution is 0.414. The molecule has 0 spiro atoms. The van der Waals surface area contributed by atoms with Gasteiger partial charge in [-0.1, -0.05) is 6.07 Å². The predicted octanol–water partition coefficient (Wildman–Crippen LogP) is 2.32. The van der Waals surface area contributed by atoms with Crippen LogP contribution in [0.15, 0.2) is 42.5 Å². The summed E-state index contributed by atoms with van der Waals surface area (Å²) in [5, 5.41) is 9.60. The number of fused-ring (bicyclic) bond motifs is 1. The Morgan fingerprint density at radius 2 is 2.05 bits per heavy atom. The van der Waals surface area contributed by atoms with Crippen LogP contribution in [0.2, 0.25) is 0 Å². The van der Waals surface area contributed by atoms with E-state index in [0.717, 1.165) is 22.5 Å². The van der Waals surface area contributed by atoms with Gasteiger partial charge in [0.25, 0.3) is 0 Å². The number of imidazole rings is 1. The molecule has 0 unspecified atom stereocenters. The zero-order chi connectivity index (χ0) is 13.4. The predicted molar refractivity (Wildman–Crippen MR) is 73.7 cm³/mol. The van der Waals surface area contributed by atoms with Crippen LogP contribution in [-0.2, 0) is 0 Å². The SMILES string of the molecule is COc1cccc(-n2c(N)nc3ccc(O)cc32)c1. The smallest absolute Gasteiger partial charge is 0.205 e. The fourth-order valence-corrected chi connectivity index (χ4v) is 2.10. The Labute approximate surface area is 109 Å². The monoisotopic (exact) mass is 255 g/mol. The number of anilines is 1. The van der Waals surface area contributed by atoms with Gasteiger partial charge in [0.1, 0.15) is 11.5 Å². The molecule has 1 heterocycles. The number of benzene rings is 2. The van der Waals surface area contributed by atoms with Crippen LogP contribution in [0.1, 0.15) is 0 Å². The van der Waals surface area contributed by atoms with Crippen molar-refractivity contribution in [3.05, 3.63) is 42.5 Å². The van der Waals surface area contributed by atoms with Crippen molar-refractivity contribution in [2.24, 2.45) is 0 Å². The average molecular weight is 255 g/mol. The van der Waals surface area contributed by atoms with Crippen LogP contribution in [0.3, 0.4) is 0 Å². The third-order valence-corrected chi connectivity index (χ3v) is 2.98. The van der Waals surface area contributed by atoms with Crippen molar-refractivity contribution in [2.75, 3.05) is 12.8 Å². The van der Waals surface area contributed by atoms with Gasteiger partial charge in [0, 0.05) is 12.1 Å². The number of hydrogen-bond acceptors (Lipinski definition) is 4. The molecule has 0 radical (unpaired) electrons. The topological polar surface area (TPSA) is 73.3 Å². The summed E-state index contributed by atoms with van der Waals surface area (Å²) in [5.41, 5.74) is 8.28. The van der Waals surface area contributed by atoms with E-state index < -0.39 is 0 Å². The number of nitrogens with two attached hydrogens (primary N) is 1. The molecule has 19 heavy (non-hydrogen) atoms. The Morgan fingerprint density at radius 3 is 2.84 bits per heavy atom. The van der Waals surface area contributed by atoms with Gasteiger partial charge >= 0.3 is 0 Å². The molecule has 0 aliphatic rings. The van der Waals surface area contributed by atoms with Crippen molar-refractivity contribution in [3.8, 4) is 17.2 Å². The van der Waals surface area contributed by atoms with E-state index in [9.17, 15) is 5.11 Å². The van der Waals surface area contributed by atoms with Crippen LogP contribution < -0.4 is 10.5 Å². The first-order valence-electron chi connectivity index (χ1n) is 5.80. The van der Waals surface area contributed by atoms with Gasteiger partial charge < -0.3 is 15.6 Å². The Kier molecular flexibility index (Phi) is 2.52. The van der Waals surface area contributed by atoms with Crippen molar-refractivity contribution < 1.29 is 9.84 Å². The molecule has 1 aromatic heterocycles. The number of aromatic nitrogens is 2. The minimum absolute atomic E-state index is 0.177. The zero-order valence-electron chi connectivity index (χ0n) is 10.4. The van der Waals surface area contributed by atoms with Crippen molar-refractivity contribution in [2.45, 2.75) is 0 Å². The molecule has 0 saturated carbocycles. The largest absolute Gasteiger partial charge is 0.508 e. The normalized spacial score (nSPS) is 10.8. The van der Waals surface area contributed by atoms with E-state index in [1.807, 2.05) is 24.3 Å². The van der Waals surface area contributed by atoms with E-state index in [-0.39, 0.29) is 5.75 Å². The molecule has 3 aromatic rings. The van der Waals surface area contributed by atoms with Gasteiger partial charge in [0.15, 0.2) is 0 Å².